The van der Waals surface area contributed by atoms with Crippen LogP contribution in [0.2, 0.25) is 0 Å². The van der Waals surface area contributed by atoms with Crippen LogP contribution in [0.5, 0.6) is 0 Å². The highest BCUT2D eigenvalue weighted by Gasteiger charge is 2.36. The summed E-state index contributed by atoms with van der Waals surface area (Å²) in [7, 11) is -6.64. The van der Waals surface area contributed by atoms with E-state index < -0.39 is 25.1 Å². The molecule has 112 valence electrons. The third-order valence-electron chi connectivity index (χ3n) is 3.54. The van der Waals surface area contributed by atoms with Crippen LogP contribution in [0.4, 0.5) is 0 Å². The minimum atomic E-state index is -3.45. The zero-order valence-corrected chi connectivity index (χ0v) is 13.2. The van der Waals surface area contributed by atoms with Crippen molar-refractivity contribution in [3.05, 3.63) is 35.4 Å². The van der Waals surface area contributed by atoms with Crippen LogP contribution >= 0.6 is 0 Å². The van der Waals surface area contributed by atoms with Crippen LogP contribution in [-0.4, -0.2) is 45.7 Å². The summed E-state index contributed by atoms with van der Waals surface area (Å²) in [6, 6.07) is 7.34. The number of benzene rings is 1. The van der Waals surface area contributed by atoms with Crippen LogP contribution in [0.1, 0.15) is 17.5 Å². The first-order valence-electron chi connectivity index (χ1n) is 6.41. The molecule has 1 aliphatic rings. The molecule has 0 aliphatic carbocycles. The van der Waals surface area contributed by atoms with Crippen LogP contribution < -0.4 is 0 Å². The van der Waals surface area contributed by atoms with Crippen molar-refractivity contribution in [1.29, 1.82) is 0 Å². The Labute approximate surface area is 120 Å². The second-order valence-corrected chi connectivity index (χ2v) is 9.64. The van der Waals surface area contributed by atoms with Crippen LogP contribution in [0.3, 0.4) is 0 Å². The van der Waals surface area contributed by atoms with Crippen molar-refractivity contribution in [3.63, 3.8) is 0 Å². The predicted molar refractivity (Wildman–Crippen MR) is 78.6 cm³/mol. The van der Waals surface area contributed by atoms with Gasteiger partial charge >= 0.3 is 0 Å². The van der Waals surface area contributed by atoms with E-state index in [0.717, 1.165) is 17.4 Å². The highest BCUT2D eigenvalue weighted by Crippen LogP contribution is 2.21. The van der Waals surface area contributed by atoms with Gasteiger partial charge in [-0.05, 0) is 18.9 Å². The van der Waals surface area contributed by atoms with E-state index >= 15 is 0 Å². The summed E-state index contributed by atoms with van der Waals surface area (Å²) in [6.45, 7) is 2.27. The Balaban J connectivity index is 2.13. The number of sulfonamides is 1. The van der Waals surface area contributed by atoms with Crippen molar-refractivity contribution < 1.29 is 16.8 Å². The van der Waals surface area contributed by atoms with E-state index in [-0.39, 0.29) is 18.8 Å². The maximum absolute atomic E-state index is 12.3. The number of rotatable bonds is 4. The van der Waals surface area contributed by atoms with Gasteiger partial charge in [0.2, 0.25) is 10.0 Å². The van der Waals surface area contributed by atoms with Crippen molar-refractivity contribution in [3.8, 4) is 0 Å². The SMILES string of the molecule is Cc1cccc(CS(=O)(=O)N2CCC(S(C)(=O)=O)C2)c1. The van der Waals surface area contributed by atoms with E-state index in [9.17, 15) is 16.8 Å². The molecule has 1 atom stereocenters. The quantitative estimate of drug-likeness (QED) is 0.829. The predicted octanol–water partition coefficient (Wildman–Crippen LogP) is 0.944. The van der Waals surface area contributed by atoms with Crippen LogP contribution in [0.15, 0.2) is 24.3 Å². The zero-order valence-electron chi connectivity index (χ0n) is 11.6. The lowest BCUT2D eigenvalue weighted by atomic mass is 10.2. The summed E-state index contributed by atoms with van der Waals surface area (Å²) in [5, 5.41) is -0.574. The van der Waals surface area contributed by atoms with E-state index in [1.807, 2.05) is 25.1 Å². The topological polar surface area (TPSA) is 71.5 Å². The second kappa shape index (κ2) is 5.46. The van der Waals surface area contributed by atoms with Gasteiger partial charge in [-0.3, -0.25) is 0 Å². The molecule has 1 heterocycles. The molecule has 7 heteroatoms. The molecule has 1 fully saturated rings. The van der Waals surface area contributed by atoms with E-state index in [4.69, 9.17) is 0 Å². The molecular weight excluding hydrogens is 298 g/mol. The number of nitrogens with zero attached hydrogens (tertiary/aromatic N) is 1. The Morgan fingerprint density at radius 1 is 1.25 bits per heavy atom. The highest BCUT2D eigenvalue weighted by molar-refractivity contribution is 7.91. The normalized spacial score (nSPS) is 21.2. The Morgan fingerprint density at radius 3 is 2.50 bits per heavy atom. The molecule has 0 saturated carbocycles. The fourth-order valence-electron chi connectivity index (χ4n) is 2.40. The van der Waals surface area contributed by atoms with Crippen molar-refractivity contribution in [1.82, 2.24) is 4.31 Å². The lowest BCUT2D eigenvalue weighted by Gasteiger charge is -2.16. The molecule has 1 unspecified atom stereocenters. The minimum Gasteiger partial charge on any atom is -0.229 e. The molecule has 1 saturated heterocycles. The van der Waals surface area contributed by atoms with Gasteiger partial charge in [0, 0.05) is 19.3 Å². The van der Waals surface area contributed by atoms with Gasteiger partial charge in [-0.2, -0.15) is 0 Å². The Bertz CT molecular complexity index is 695. The molecular formula is C13H19NO4S2. The number of hydrogen-bond acceptors (Lipinski definition) is 4. The third kappa shape index (κ3) is 3.59. The van der Waals surface area contributed by atoms with Crippen molar-refractivity contribution in [2.24, 2.45) is 0 Å². The smallest absolute Gasteiger partial charge is 0.218 e. The van der Waals surface area contributed by atoms with Gasteiger partial charge in [-0.1, -0.05) is 29.8 Å². The summed E-state index contributed by atoms with van der Waals surface area (Å²) in [4.78, 5) is 0. The number of sulfone groups is 1. The van der Waals surface area contributed by atoms with Gasteiger partial charge < -0.3 is 0 Å². The molecule has 5 nitrogen and oxygen atoms in total. The standard InChI is InChI=1S/C13H19NO4S2/c1-11-4-3-5-12(8-11)10-20(17,18)14-7-6-13(9-14)19(2,15)16/h3-5,8,13H,6-7,9-10H2,1-2H3. The van der Waals surface area contributed by atoms with Crippen LogP contribution in [-0.2, 0) is 25.6 Å². The Hall–Kier alpha value is -0.920. The first kappa shape index (κ1) is 15.5. The maximum atomic E-state index is 12.3. The van der Waals surface area contributed by atoms with E-state index in [0.29, 0.717) is 6.42 Å². The Morgan fingerprint density at radius 2 is 1.95 bits per heavy atom. The average molecular weight is 317 g/mol. The lowest BCUT2D eigenvalue weighted by molar-refractivity contribution is 0.476. The molecule has 0 bridgehead atoms. The molecule has 1 aromatic rings. The first-order chi connectivity index (χ1) is 9.18. The lowest BCUT2D eigenvalue weighted by Crippen LogP contribution is -2.32. The summed E-state index contributed by atoms with van der Waals surface area (Å²) < 4.78 is 48.9. The van der Waals surface area contributed by atoms with Gasteiger partial charge in [0.05, 0.1) is 11.0 Å². The number of hydrogen-bond donors (Lipinski definition) is 0. The van der Waals surface area contributed by atoms with Crippen molar-refractivity contribution in [2.75, 3.05) is 19.3 Å². The summed E-state index contributed by atoms with van der Waals surface area (Å²) in [5.74, 6) is -0.0782. The zero-order chi connectivity index (χ0) is 15.0. The van der Waals surface area contributed by atoms with Gasteiger partial charge in [0.15, 0.2) is 9.84 Å². The van der Waals surface area contributed by atoms with Crippen molar-refractivity contribution in [2.45, 2.75) is 24.3 Å². The summed E-state index contributed by atoms with van der Waals surface area (Å²) in [5.41, 5.74) is 1.74. The molecule has 0 amide bonds. The molecule has 20 heavy (non-hydrogen) atoms. The van der Waals surface area contributed by atoms with E-state index in [1.165, 1.54) is 4.31 Å². The Kier molecular flexibility index (Phi) is 4.22. The minimum absolute atomic E-state index is 0.0764. The molecule has 0 N–H and O–H groups in total. The van der Waals surface area contributed by atoms with Crippen LogP contribution in [0.25, 0.3) is 0 Å². The van der Waals surface area contributed by atoms with E-state index in [1.54, 1.807) is 6.07 Å². The van der Waals surface area contributed by atoms with Gasteiger partial charge in [-0.25, -0.2) is 21.1 Å². The summed E-state index contributed by atoms with van der Waals surface area (Å²) in [6.07, 6.45) is 1.54. The fourth-order valence-corrected chi connectivity index (χ4v) is 5.06. The average Bonchev–Trinajstić information content (AvgIpc) is 2.77. The van der Waals surface area contributed by atoms with Gasteiger partial charge in [0.1, 0.15) is 0 Å². The molecule has 0 radical (unpaired) electrons. The first-order valence-corrected chi connectivity index (χ1v) is 9.97. The molecule has 1 aromatic carbocycles. The summed E-state index contributed by atoms with van der Waals surface area (Å²) >= 11 is 0. The molecule has 0 spiro atoms. The largest absolute Gasteiger partial charge is 0.229 e. The van der Waals surface area contributed by atoms with Gasteiger partial charge in [-0.15, -0.1) is 0 Å². The maximum Gasteiger partial charge on any atom is 0.218 e. The fraction of sp³-hybridized carbons (Fsp3) is 0.538. The van der Waals surface area contributed by atoms with Crippen molar-refractivity contribution >= 4 is 19.9 Å². The molecule has 2 rings (SSSR count). The third-order valence-corrected chi connectivity index (χ3v) is 6.95. The highest BCUT2D eigenvalue weighted by atomic mass is 32.2. The van der Waals surface area contributed by atoms with Gasteiger partial charge in [0.25, 0.3) is 0 Å². The van der Waals surface area contributed by atoms with E-state index in [2.05, 4.69) is 0 Å². The monoisotopic (exact) mass is 317 g/mol. The van der Waals surface area contributed by atoms with Crippen LogP contribution in [0, 0.1) is 6.92 Å². The second-order valence-electron chi connectivity index (χ2n) is 5.34. The number of aryl methyl sites for hydroxylation is 1. The molecule has 0 aromatic heterocycles. The molecule has 1 aliphatic heterocycles.